The highest BCUT2D eigenvalue weighted by molar-refractivity contribution is 7.89. The Labute approximate surface area is 208 Å². The number of amides is 2. The fourth-order valence-electron chi connectivity index (χ4n) is 3.98. The highest BCUT2D eigenvalue weighted by atomic mass is 32.2. The van der Waals surface area contributed by atoms with Crippen LogP contribution in [0.15, 0.2) is 53.4 Å². The number of sulfonamides is 1. The van der Waals surface area contributed by atoms with Crippen LogP contribution in [0.3, 0.4) is 0 Å². The quantitative estimate of drug-likeness (QED) is 0.600. The van der Waals surface area contributed by atoms with Crippen molar-refractivity contribution in [1.29, 1.82) is 0 Å². The largest absolute Gasteiger partial charge is 0.491 e. The summed E-state index contributed by atoms with van der Waals surface area (Å²) in [5, 5.41) is 2.84. The Balaban J connectivity index is 1.78. The summed E-state index contributed by atoms with van der Waals surface area (Å²) in [4.78, 5) is 26.8. The van der Waals surface area contributed by atoms with E-state index in [0.29, 0.717) is 0 Å². The number of rotatable bonds is 8. The Hall–Kier alpha value is -2.91. The minimum atomic E-state index is -3.93. The molecule has 190 valence electrons. The smallest absolute Gasteiger partial charge is 0.243 e. The van der Waals surface area contributed by atoms with Gasteiger partial charge in [-0.15, -0.1) is 0 Å². The lowest BCUT2D eigenvalue weighted by Gasteiger charge is -2.39. The number of hydrogen-bond acceptors (Lipinski definition) is 5. The van der Waals surface area contributed by atoms with Crippen molar-refractivity contribution in [3.8, 4) is 5.75 Å². The van der Waals surface area contributed by atoms with Crippen LogP contribution in [0.4, 0.5) is 0 Å². The topological polar surface area (TPSA) is 96.0 Å². The van der Waals surface area contributed by atoms with Gasteiger partial charge in [-0.05, 0) is 55.2 Å². The number of nitrogens with zero attached hydrogens (tertiary/aromatic N) is 2. The van der Waals surface area contributed by atoms with E-state index in [1.54, 1.807) is 24.3 Å². The van der Waals surface area contributed by atoms with Crippen LogP contribution in [0.1, 0.15) is 51.7 Å². The maximum absolute atomic E-state index is 13.5. The van der Waals surface area contributed by atoms with Crippen LogP contribution in [0.2, 0.25) is 0 Å². The zero-order chi connectivity index (χ0) is 25.8. The van der Waals surface area contributed by atoms with Crippen molar-refractivity contribution < 1.29 is 22.7 Å². The molecule has 1 saturated heterocycles. The molecule has 0 bridgehead atoms. The molecule has 1 unspecified atom stereocenters. The normalized spacial score (nSPS) is 17.0. The first-order valence-electron chi connectivity index (χ1n) is 11.9. The molecule has 1 heterocycles. The van der Waals surface area contributed by atoms with Gasteiger partial charge in [0.15, 0.2) is 0 Å². The average Bonchev–Trinajstić information content (AvgIpc) is 2.82. The third-order valence-electron chi connectivity index (χ3n) is 5.99. The number of carbonyl (C=O) groups excluding carboxylic acids is 2. The molecule has 0 spiro atoms. The molecule has 1 aliphatic heterocycles. The molecule has 1 fully saturated rings. The molecule has 2 aromatic rings. The summed E-state index contributed by atoms with van der Waals surface area (Å²) in [5.41, 5.74) is 1.89. The van der Waals surface area contributed by atoms with Gasteiger partial charge in [-0.1, -0.05) is 38.1 Å². The Kier molecular flexibility index (Phi) is 8.56. The Bertz CT molecular complexity index is 1130. The van der Waals surface area contributed by atoms with E-state index in [4.69, 9.17) is 4.74 Å². The van der Waals surface area contributed by atoms with Crippen molar-refractivity contribution in [2.24, 2.45) is 0 Å². The number of benzene rings is 2. The Morgan fingerprint density at radius 2 is 1.63 bits per heavy atom. The third-order valence-corrected chi connectivity index (χ3v) is 7.92. The van der Waals surface area contributed by atoms with Crippen molar-refractivity contribution in [1.82, 2.24) is 14.5 Å². The lowest BCUT2D eigenvalue weighted by atomic mass is 10.0. The van der Waals surface area contributed by atoms with Gasteiger partial charge >= 0.3 is 0 Å². The van der Waals surface area contributed by atoms with E-state index in [1.165, 1.54) is 16.1 Å². The van der Waals surface area contributed by atoms with Crippen LogP contribution in [0, 0.1) is 0 Å². The minimum absolute atomic E-state index is 0.00560. The molecule has 2 amide bonds. The minimum Gasteiger partial charge on any atom is -0.491 e. The molecule has 3 rings (SSSR count). The van der Waals surface area contributed by atoms with Crippen molar-refractivity contribution in [2.75, 3.05) is 19.6 Å². The Morgan fingerprint density at radius 3 is 2.17 bits per heavy atom. The van der Waals surface area contributed by atoms with Crippen molar-refractivity contribution in [2.45, 2.75) is 64.1 Å². The fraction of sp³-hybridized carbons (Fsp3) is 0.462. The van der Waals surface area contributed by atoms with Crippen LogP contribution in [0.5, 0.6) is 5.75 Å². The molecule has 0 radical (unpaired) electrons. The van der Waals surface area contributed by atoms with E-state index in [-0.39, 0.29) is 49.0 Å². The van der Waals surface area contributed by atoms with Crippen LogP contribution >= 0.6 is 0 Å². The van der Waals surface area contributed by atoms with Crippen molar-refractivity contribution in [3.05, 3.63) is 59.7 Å². The summed E-state index contributed by atoms with van der Waals surface area (Å²) < 4.78 is 33.8. The van der Waals surface area contributed by atoms with Crippen LogP contribution in [-0.4, -0.2) is 61.2 Å². The van der Waals surface area contributed by atoms with E-state index in [1.807, 2.05) is 52.0 Å². The third kappa shape index (κ3) is 6.61. The van der Waals surface area contributed by atoms with E-state index >= 15 is 0 Å². The van der Waals surface area contributed by atoms with Gasteiger partial charge in [0, 0.05) is 33.1 Å². The van der Waals surface area contributed by atoms with Crippen LogP contribution < -0.4 is 10.1 Å². The molecule has 2 aromatic carbocycles. The van der Waals surface area contributed by atoms with Gasteiger partial charge < -0.3 is 15.0 Å². The van der Waals surface area contributed by atoms with E-state index in [0.717, 1.165) is 16.9 Å². The van der Waals surface area contributed by atoms with Gasteiger partial charge in [-0.3, -0.25) is 9.59 Å². The number of hydrogen-bond donors (Lipinski definition) is 1. The molecule has 9 heteroatoms. The summed E-state index contributed by atoms with van der Waals surface area (Å²) in [5.74, 6) is 0.373. The molecule has 0 saturated carbocycles. The molecule has 0 aliphatic carbocycles. The van der Waals surface area contributed by atoms with Crippen LogP contribution in [0.25, 0.3) is 0 Å². The van der Waals surface area contributed by atoms with Gasteiger partial charge in [0.1, 0.15) is 11.8 Å². The molecule has 1 aliphatic rings. The predicted molar refractivity (Wildman–Crippen MR) is 135 cm³/mol. The average molecular weight is 502 g/mol. The standard InChI is InChI=1S/C26H35N3O5S/c1-18(2)22-8-12-24(13-9-22)35(32,33)29-15-14-28(20(5)30)17-25(29)26(31)27-16-21-6-10-23(11-7-21)34-19(3)4/h6-13,18-19,25H,14-17H2,1-5H3,(H,27,31). The number of nitrogens with one attached hydrogen (secondary N) is 1. The molecule has 35 heavy (non-hydrogen) atoms. The molecule has 1 atom stereocenters. The Morgan fingerprint density at radius 1 is 1.00 bits per heavy atom. The highest BCUT2D eigenvalue weighted by Gasteiger charge is 2.40. The first-order chi connectivity index (χ1) is 16.5. The monoisotopic (exact) mass is 501 g/mol. The fourth-order valence-corrected chi connectivity index (χ4v) is 5.55. The summed E-state index contributed by atoms with van der Waals surface area (Å²) in [7, 11) is -3.93. The number of ether oxygens (including phenoxy) is 1. The summed E-state index contributed by atoms with van der Waals surface area (Å²) in [6.45, 7) is 9.91. The second-order valence-electron chi connectivity index (χ2n) is 9.35. The van der Waals surface area contributed by atoms with E-state index < -0.39 is 22.0 Å². The van der Waals surface area contributed by atoms with Crippen molar-refractivity contribution >= 4 is 21.8 Å². The van der Waals surface area contributed by atoms with Gasteiger partial charge in [0.2, 0.25) is 21.8 Å². The maximum Gasteiger partial charge on any atom is 0.243 e. The summed E-state index contributed by atoms with van der Waals surface area (Å²) in [6, 6.07) is 13.1. The molecular weight excluding hydrogens is 466 g/mol. The van der Waals surface area contributed by atoms with Gasteiger partial charge in [0.05, 0.1) is 11.0 Å². The molecular formula is C26H35N3O5S. The SMILES string of the molecule is CC(=O)N1CCN(S(=O)(=O)c2ccc(C(C)C)cc2)C(C(=O)NCc2ccc(OC(C)C)cc2)C1. The highest BCUT2D eigenvalue weighted by Crippen LogP contribution is 2.24. The zero-order valence-corrected chi connectivity index (χ0v) is 21.8. The maximum atomic E-state index is 13.5. The molecule has 1 N–H and O–H groups in total. The lowest BCUT2D eigenvalue weighted by Crippen LogP contribution is -2.61. The first-order valence-corrected chi connectivity index (χ1v) is 13.3. The van der Waals surface area contributed by atoms with Gasteiger partial charge in [-0.2, -0.15) is 4.31 Å². The number of carbonyl (C=O) groups is 2. The summed E-state index contributed by atoms with van der Waals surface area (Å²) >= 11 is 0. The molecule has 0 aromatic heterocycles. The predicted octanol–water partition coefficient (Wildman–Crippen LogP) is 3.14. The first kappa shape index (κ1) is 26.7. The van der Waals surface area contributed by atoms with E-state index in [2.05, 4.69) is 5.32 Å². The van der Waals surface area contributed by atoms with Gasteiger partial charge in [0.25, 0.3) is 0 Å². The summed E-state index contributed by atoms with van der Waals surface area (Å²) in [6.07, 6.45) is 0.0607. The van der Waals surface area contributed by atoms with Crippen molar-refractivity contribution in [3.63, 3.8) is 0 Å². The second-order valence-corrected chi connectivity index (χ2v) is 11.2. The zero-order valence-electron chi connectivity index (χ0n) is 21.0. The van der Waals surface area contributed by atoms with E-state index in [9.17, 15) is 18.0 Å². The van der Waals surface area contributed by atoms with Gasteiger partial charge in [-0.25, -0.2) is 8.42 Å². The van der Waals surface area contributed by atoms with Crippen LogP contribution in [-0.2, 0) is 26.2 Å². The number of piperazine rings is 1. The second kappa shape index (κ2) is 11.2. The molecule has 8 nitrogen and oxygen atoms in total. The lowest BCUT2D eigenvalue weighted by molar-refractivity contribution is -0.134.